The Morgan fingerprint density at radius 2 is 1.75 bits per heavy atom. The number of amides is 2. The van der Waals surface area contributed by atoms with Crippen LogP contribution in [0.15, 0.2) is 48.5 Å². The fourth-order valence-corrected chi connectivity index (χ4v) is 2.94. The molecule has 0 saturated heterocycles. The van der Waals surface area contributed by atoms with E-state index in [2.05, 4.69) is 5.32 Å². The minimum absolute atomic E-state index is 0.0730. The summed E-state index contributed by atoms with van der Waals surface area (Å²) >= 11 is 0. The molecule has 0 atom stereocenters. The number of rotatable bonds is 9. The molecule has 0 aliphatic heterocycles. The maximum atomic E-state index is 12.6. The molecule has 3 rings (SSSR count). The highest BCUT2D eigenvalue weighted by Crippen LogP contribution is 2.28. The van der Waals surface area contributed by atoms with E-state index in [1.54, 1.807) is 24.1 Å². The van der Waals surface area contributed by atoms with Crippen molar-refractivity contribution in [3.8, 4) is 11.5 Å². The van der Waals surface area contributed by atoms with Crippen LogP contribution in [-0.2, 0) is 9.59 Å². The summed E-state index contributed by atoms with van der Waals surface area (Å²) in [5.41, 5.74) is 1.90. The molecule has 2 aromatic carbocycles. The molecule has 1 aliphatic carbocycles. The number of para-hydroxylation sites is 2. The third kappa shape index (κ3) is 5.49. The Bertz CT molecular complexity index is 816. The third-order valence-corrected chi connectivity index (χ3v) is 4.64. The number of nitrogens with zero attached hydrogens (tertiary/aromatic N) is 1. The summed E-state index contributed by atoms with van der Waals surface area (Å²) in [6, 6.07) is 15.1. The molecule has 1 aliphatic rings. The van der Waals surface area contributed by atoms with Crippen LogP contribution < -0.4 is 14.8 Å². The van der Waals surface area contributed by atoms with Gasteiger partial charge in [-0.1, -0.05) is 29.8 Å². The van der Waals surface area contributed by atoms with Gasteiger partial charge in [-0.2, -0.15) is 0 Å². The highest BCUT2D eigenvalue weighted by molar-refractivity contribution is 5.91. The molecule has 1 N–H and O–H groups in total. The monoisotopic (exact) mass is 382 g/mol. The van der Waals surface area contributed by atoms with Crippen molar-refractivity contribution >= 4 is 17.5 Å². The lowest BCUT2D eigenvalue weighted by Gasteiger charge is -2.22. The van der Waals surface area contributed by atoms with Crippen LogP contribution in [0, 0.1) is 6.92 Å². The topological polar surface area (TPSA) is 67.9 Å². The van der Waals surface area contributed by atoms with Gasteiger partial charge in [-0.05, 0) is 44.0 Å². The molecule has 6 nitrogen and oxygen atoms in total. The van der Waals surface area contributed by atoms with E-state index in [9.17, 15) is 9.59 Å². The van der Waals surface area contributed by atoms with E-state index in [0.29, 0.717) is 18.0 Å². The number of nitrogens with one attached hydrogen (secondary N) is 1. The fourth-order valence-electron chi connectivity index (χ4n) is 2.94. The molecule has 0 bridgehead atoms. The normalized spacial score (nSPS) is 12.9. The number of benzene rings is 2. The second-order valence-corrected chi connectivity index (χ2v) is 6.92. The van der Waals surface area contributed by atoms with Gasteiger partial charge in [0.25, 0.3) is 5.91 Å². The first-order valence-corrected chi connectivity index (χ1v) is 9.48. The predicted molar refractivity (Wildman–Crippen MR) is 108 cm³/mol. The lowest BCUT2D eigenvalue weighted by atomic mass is 10.2. The number of carbonyl (C=O) groups excluding carboxylic acids is 2. The van der Waals surface area contributed by atoms with Crippen molar-refractivity contribution in [3.05, 3.63) is 54.1 Å². The first-order chi connectivity index (χ1) is 13.6. The number of methoxy groups -OCH3 is 1. The molecule has 2 aromatic rings. The molecule has 0 radical (unpaired) electrons. The number of carbonyl (C=O) groups is 2. The molecule has 0 unspecified atom stereocenters. The molecule has 148 valence electrons. The van der Waals surface area contributed by atoms with Crippen LogP contribution in [-0.4, -0.2) is 43.0 Å². The Morgan fingerprint density at radius 3 is 2.39 bits per heavy atom. The van der Waals surface area contributed by atoms with Gasteiger partial charge in [0, 0.05) is 24.7 Å². The molecule has 0 aromatic heterocycles. The minimum atomic E-state index is -0.114. The van der Waals surface area contributed by atoms with Gasteiger partial charge in [-0.3, -0.25) is 9.59 Å². The van der Waals surface area contributed by atoms with Crippen molar-refractivity contribution in [2.45, 2.75) is 32.2 Å². The van der Waals surface area contributed by atoms with E-state index in [4.69, 9.17) is 9.47 Å². The molecule has 1 fully saturated rings. The molecule has 0 spiro atoms. The molecular weight excluding hydrogens is 356 g/mol. The predicted octanol–water partition coefficient (Wildman–Crippen LogP) is 3.40. The zero-order chi connectivity index (χ0) is 19.9. The van der Waals surface area contributed by atoms with E-state index in [-0.39, 0.29) is 30.9 Å². The van der Waals surface area contributed by atoms with Gasteiger partial charge >= 0.3 is 0 Å². The SMILES string of the molecule is COc1ccccc1OCC(=O)N(CCC(=O)Nc1ccc(C)cc1)C1CC1. The number of hydrogen-bond donors (Lipinski definition) is 1. The third-order valence-electron chi connectivity index (χ3n) is 4.64. The highest BCUT2D eigenvalue weighted by Gasteiger charge is 2.32. The van der Waals surface area contributed by atoms with E-state index in [0.717, 1.165) is 24.1 Å². The van der Waals surface area contributed by atoms with Gasteiger partial charge in [-0.15, -0.1) is 0 Å². The van der Waals surface area contributed by atoms with Gasteiger partial charge in [0.1, 0.15) is 0 Å². The van der Waals surface area contributed by atoms with E-state index < -0.39 is 0 Å². The van der Waals surface area contributed by atoms with Crippen molar-refractivity contribution in [1.29, 1.82) is 0 Å². The Morgan fingerprint density at radius 1 is 1.07 bits per heavy atom. The van der Waals surface area contributed by atoms with Gasteiger partial charge in [0.05, 0.1) is 7.11 Å². The van der Waals surface area contributed by atoms with Crippen molar-refractivity contribution in [1.82, 2.24) is 4.90 Å². The zero-order valence-electron chi connectivity index (χ0n) is 16.3. The summed E-state index contributed by atoms with van der Waals surface area (Å²) in [5.74, 6) is 0.904. The highest BCUT2D eigenvalue weighted by atomic mass is 16.5. The molecule has 28 heavy (non-hydrogen) atoms. The molecule has 1 saturated carbocycles. The molecule has 6 heteroatoms. The van der Waals surface area contributed by atoms with Crippen molar-refractivity contribution in [3.63, 3.8) is 0 Å². The van der Waals surface area contributed by atoms with Crippen LogP contribution in [0.4, 0.5) is 5.69 Å². The van der Waals surface area contributed by atoms with E-state index >= 15 is 0 Å². The summed E-state index contributed by atoms with van der Waals surface area (Å²) in [6.07, 6.45) is 2.20. The lowest BCUT2D eigenvalue weighted by molar-refractivity contribution is -0.134. The van der Waals surface area contributed by atoms with Gasteiger partial charge in [0.15, 0.2) is 18.1 Å². The minimum Gasteiger partial charge on any atom is -0.493 e. The first-order valence-electron chi connectivity index (χ1n) is 9.48. The Labute approximate surface area is 165 Å². The van der Waals surface area contributed by atoms with Crippen LogP contribution in [0.2, 0.25) is 0 Å². The van der Waals surface area contributed by atoms with Gasteiger partial charge in [0.2, 0.25) is 5.91 Å². The van der Waals surface area contributed by atoms with Gasteiger partial charge < -0.3 is 19.7 Å². The average molecular weight is 382 g/mol. The van der Waals surface area contributed by atoms with Crippen molar-refractivity contribution in [2.75, 3.05) is 25.6 Å². The average Bonchev–Trinajstić information content (AvgIpc) is 3.53. The summed E-state index contributed by atoms with van der Waals surface area (Å²) in [6.45, 7) is 2.31. The summed E-state index contributed by atoms with van der Waals surface area (Å²) in [7, 11) is 1.56. The van der Waals surface area contributed by atoms with Crippen molar-refractivity contribution < 1.29 is 19.1 Å². The number of hydrogen-bond acceptors (Lipinski definition) is 4. The molecule has 0 heterocycles. The molecule has 2 amide bonds. The van der Waals surface area contributed by atoms with Crippen LogP contribution in [0.5, 0.6) is 11.5 Å². The smallest absolute Gasteiger partial charge is 0.260 e. The Balaban J connectivity index is 1.51. The van der Waals surface area contributed by atoms with E-state index in [1.807, 2.05) is 43.3 Å². The number of ether oxygens (including phenoxy) is 2. The zero-order valence-corrected chi connectivity index (χ0v) is 16.3. The van der Waals surface area contributed by atoms with Crippen LogP contribution in [0.25, 0.3) is 0 Å². The summed E-state index contributed by atoms with van der Waals surface area (Å²) in [4.78, 5) is 26.6. The second-order valence-electron chi connectivity index (χ2n) is 6.92. The number of anilines is 1. The second kappa shape index (κ2) is 9.26. The van der Waals surface area contributed by atoms with Crippen LogP contribution in [0.3, 0.4) is 0 Å². The fraction of sp³-hybridized carbons (Fsp3) is 0.364. The standard InChI is InChI=1S/C22H26N2O4/c1-16-7-9-17(10-8-16)23-21(25)13-14-24(18-11-12-18)22(26)15-28-20-6-4-3-5-19(20)27-2/h3-10,18H,11-15H2,1-2H3,(H,23,25). The largest absolute Gasteiger partial charge is 0.493 e. The van der Waals surface area contributed by atoms with E-state index in [1.165, 1.54) is 0 Å². The maximum absolute atomic E-state index is 12.6. The van der Waals surface area contributed by atoms with Gasteiger partial charge in [-0.25, -0.2) is 0 Å². The first kappa shape index (κ1) is 19.7. The lowest BCUT2D eigenvalue weighted by Crippen LogP contribution is -2.38. The Kier molecular flexibility index (Phi) is 6.53. The van der Waals surface area contributed by atoms with Crippen molar-refractivity contribution in [2.24, 2.45) is 0 Å². The number of aryl methyl sites for hydroxylation is 1. The molecular formula is C22H26N2O4. The maximum Gasteiger partial charge on any atom is 0.260 e. The van der Waals surface area contributed by atoms with Crippen LogP contribution in [0.1, 0.15) is 24.8 Å². The summed E-state index contributed by atoms with van der Waals surface area (Å²) < 4.78 is 10.9. The Hall–Kier alpha value is -3.02. The quantitative estimate of drug-likeness (QED) is 0.722. The summed E-state index contributed by atoms with van der Waals surface area (Å²) in [5, 5.41) is 2.87. The van der Waals surface area contributed by atoms with Crippen LogP contribution >= 0.6 is 0 Å².